The molecule has 4 nitrogen and oxygen atoms in total. The summed E-state index contributed by atoms with van der Waals surface area (Å²) >= 11 is 0. The molecule has 1 aliphatic rings. The predicted molar refractivity (Wildman–Crippen MR) is 73.0 cm³/mol. The highest BCUT2D eigenvalue weighted by molar-refractivity contribution is 5.68. The molecule has 0 bridgehead atoms. The van der Waals surface area contributed by atoms with Gasteiger partial charge in [-0.25, -0.2) is 4.79 Å². The minimum atomic E-state index is -4.44. The predicted octanol–water partition coefficient (Wildman–Crippen LogP) is 2.96. The van der Waals surface area contributed by atoms with Crippen LogP contribution in [-0.2, 0) is 11.3 Å². The first kappa shape index (κ1) is 16.6. The van der Waals surface area contributed by atoms with E-state index < -0.39 is 30.8 Å². The number of hydrogen-bond donors (Lipinski definition) is 1. The Morgan fingerprint density at radius 2 is 2.00 bits per heavy atom. The number of likely N-dealkylation sites (tertiary alicyclic amines) is 1. The number of ether oxygens (including phenoxy) is 1. The Kier molecular flexibility index (Phi) is 5.28. The van der Waals surface area contributed by atoms with Gasteiger partial charge in [0, 0.05) is 6.54 Å². The standard InChI is InChI=1S/C15H18F3NO3/c16-15(17,18)12-7-4-8-19(13(12)9-20)14(21)22-10-11-5-2-1-3-6-11/h1-3,5-6,12-13,20H,4,7-10H2. The largest absolute Gasteiger partial charge is 0.445 e. The summed E-state index contributed by atoms with van der Waals surface area (Å²) in [6, 6.07) is 7.60. The lowest BCUT2D eigenvalue weighted by Crippen LogP contribution is -2.54. The van der Waals surface area contributed by atoms with Crippen molar-refractivity contribution in [2.45, 2.75) is 31.7 Å². The van der Waals surface area contributed by atoms with Crippen LogP contribution in [0.25, 0.3) is 0 Å². The van der Waals surface area contributed by atoms with Gasteiger partial charge in [0.05, 0.1) is 18.6 Å². The van der Waals surface area contributed by atoms with Crippen LogP contribution in [0.3, 0.4) is 0 Å². The smallest absolute Gasteiger partial charge is 0.410 e. The summed E-state index contributed by atoms with van der Waals surface area (Å²) in [6.07, 6.45) is -5.11. The molecule has 1 heterocycles. The molecule has 2 unspecified atom stereocenters. The van der Waals surface area contributed by atoms with Gasteiger partial charge in [0.2, 0.25) is 0 Å². The molecular formula is C15H18F3NO3. The van der Waals surface area contributed by atoms with Crippen molar-refractivity contribution in [2.75, 3.05) is 13.2 Å². The number of aliphatic hydroxyl groups excluding tert-OH is 1. The summed E-state index contributed by atoms with van der Waals surface area (Å²) in [6.45, 7) is -0.582. The summed E-state index contributed by atoms with van der Waals surface area (Å²) < 4.78 is 44.0. The number of nitrogens with zero attached hydrogens (tertiary/aromatic N) is 1. The third-order valence-corrected chi connectivity index (χ3v) is 3.83. The van der Waals surface area contributed by atoms with E-state index in [1.807, 2.05) is 6.07 Å². The fourth-order valence-electron chi connectivity index (χ4n) is 2.69. The second-order valence-corrected chi connectivity index (χ2v) is 5.27. The molecule has 122 valence electrons. The van der Waals surface area contributed by atoms with E-state index in [1.165, 1.54) is 0 Å². The number of hydrogen-bond acceptors (Lipinski definition) is 3. The van der Waals surface area contributed by atoms with Gasteiger partial charge in [-0.15, -0.1) is 0 Å². The zero-order chi connectivity index (χ0) is 16.2. The van der Waals surface area contributed by atoms with Crippen molar-refractivity contribution < 1.29 is 27.8 Å². The zero-order valence-corrected chi connectivity index (χ0v) is 11.9. The minimum Gasteiger partial charge on any atom is -0.445 e. The number of amides is 1. The Morgan fingerprint density at radius 3 is 2.59 bits per heavy atom. The first-order valence-corrected chi connectivity index (χ1v) is 7.08. The third kappa shape index (κ3) is 3.91. The van der Waals surface area contributed by atoms with E-state index >= 15 is 0 Å². The molecule has 22 heavy (non-hydrogen) atoms. The monoisotopic (exact) mass is 317 g/mol. The lowest BCUT2D eigenvalue weighted by atomic mass is 9.89. The maximum Gasteiger partial charge on any atom is 0.410 e. The van der Waals surface area contributed by atoms with E-state index in [1.54, 1.807) is 24.3 Å². The van der Waals surface area contributed by atoms with Crippen LogP contribution >= 0.6 is 0 Å². The first-order valence-electron chi connectivity index (χ1n) is 7.08. The lowest BCUT2D eigenvalue weighted by molar-refractivity contribution is -0.202. The number of rotatable bonds is 3. The van der Waals surface area contributed by atoms with Gasteiger partial charge in [-0.05, 0) is 18.4 Å². The lowest BCUT2D eigenvalue weighted by Gasteiger charge is -2.40. The van der Waals surface area contributed by atoms with E-state index in [-0.39, 0.29) is 26.0 Å². The zero-order valence-electron chi connectivity index (χ0n) is 11.9. The quantitative estimate of drug-likeness (QED) is 0.932. The summed E-state index contributed by atoms with van der Waals surface area (Å²) in [4.78, 5) is 13.0. The van der Waals surface area contributed by atoms with Crippen molar-refractivity contribution >= 4 is 6.09 Å². The SMILES string of the molecule is O=C(OCc1ccccc1)N1CCCC(C(F)(F)F)C1CO. The van der Waals surface area contributed by atoms with E-state index in [4.69, 9.17) is 4.74 Å². The molecule has 7 heteroatoms. The molecule has 2 atom stereocenters. The number of piperidine rings is 1. The van der Waals surface area contributed by atoms with Crippen LogP contribution in [-0.4, -0.2) is 41.5 Å². The normalized spacial score (nSPS) is 22.5. The summed E-state index contributed by atoms with van der Waals surface area (Å²) in [7, 11) is 0. The van der Waals surface area contributed by atoms with Crippen LogP contribution in [0, 0.1) is 5.92 Å². The Balaban J connectivity index is 2.01. The van der Waals surface area contributed by atoms with E-state index in [9.17, 15) is 23.1 Å². The van der Waals surface area contributed by atoms with Crippen LogP contribution in [0.1, 0.15) is 18.4 Å². The van der Waals surface area contributed by atoms with Crippen LogP contribution in [0.4, 0.5) is 18.0 Å². The van der Waals surface area contributed by atoms with E-state index in [2.05, 4.69) is 0 Å². The van der Waals surface area contributed by atoms with Crippen molar-refractivity contribution in [2.24, 2.45) is 5.92 Å². The maximum atomic E-state index is 13.0. The fourth-order valence-corrected chi connectivity index (χ4v) is 2.69. The molecule has 1 N–H and O–H groups in total. The third-order valence-electron chi connectivity index (χ3n) is 3.83. The number of carbonyl (C=O) groups is 1. The highest BCUT2D eigenvalue weighted by atomic mass is 19.4. The van der Waals surface area contributed by atoms with Gasteiger partial charge in [-0.1, -0.05) is 30.3 Å². The molecule has 1 fully saturated rings. The molecule has 1 amide bonds. The fraction of sp³-hybridized carbons (Fsp3) is 0.533. The van der Waals surface area contributed by atoms with Gasteiger partial charge in [-0.3, -0.25) is 0 Å². The number of benzene rings is 1. The van der Waals surface area contributed by atoms with Gasteiger partial charge >= 0.3 is 12.3 Å². The van der Waals surface area contributed by atoms with Gasteiger partial charge in [0.1, 0.15) is 6.61 Å². The van der Waals surface area contributed by atoms with Crippen LogP contribution in [0.2, 0.25) is 0 Å². The van der Waals surface area contributed by atoms with Gasteiger partial charge in [0.15, 0.2) is 0 Å². The average molecular weight is 317 g/mol. The highest BCUT2D eigenvalue weighted by Crippen LogP contribution is 2.37. The molecular weight excluding hydrogens is 299 g/mol. The molecule has 0 aliphatic carbocycles. The van der Waals surface area contributed by atoms with Crippen LogP contribution in [0.15, 0.2) is 30.3 Å². The summed E-state index contributed by atoms with van der Waals surface area (Å²) in [5.74, 6) is -1.71. The van der Waals surface area contributed by atoms with Crippen LogP contribution < -0.4 is 0 Å². The molecule has 2 rings (SSSR count). The van der Waals surface area contributed by atoms with Crippen molar-refractivity contribution in [1.82, 2.24) is 4.90 Å². The van der Waals surface area contributed by atoms with Crippen molar-refractivity contribution in [3.63, 3.8) is 0 Å². The Morgan fingerprint density at radius 1 is 1.32 bits per heavy atom. The molecule has 0 saturated carbocycles. The maximum absolute atomic E-state index is 13.0. The van der Waals surface area contributed by atoms with Gasteiger partial charge < -0.3 is 14.7 Å². The first-order chi connectivity index (χ1) is 10.4. The van der Waals surface area contributed by atoms with E-state index in [0.717, 1.165) is 10.5 Å². The summed E-state index contributed by atoms with van der Waals surface area (Å²) in [5, 5.41) is 9.28. The number of aliphatic hydroxyl groups is 1. The van der Waals surface area contributed by atoms with Gasteiger partial charge in [-0.2, -0.15) is 13.2 Å². The molecule has 1 aromatic rings. The van der Waals surface area contributed by atoms with Crippen molar-refractivity contribution in [3.05, 3.63) is 35.9 Å². The molecule has 0 spiro atoms. The number of carbonyl (C=O) groups excluding carboxylic acids is 1. The highest BCUT2D eigenvalue weighted by Gasteiger charge is 2.49. The number of halogens is 3. The topological polar surface area (TPSA) is 49.8 Å². The molecule has 1 aromatic carbocycles. The van der Waals surface area contributed by atoms with Gasteiger partial charge in [0.25, 0.3) is 0 Å². The Hall–Kier alpha value is -1.76. The summed E-state index contributed by atoms with van der Waals surface area (Å²) in [5.41, 5.74) is 0.751. The molecule has 0 aromatic heterocycles. The second kappa shape index (κ2) is 7.00. The molecule has 1 saturated heterocycles. The van der Waals surface area contributed by atoms with Crippen molar-refractivity contribution in [3.8, 4) is 0 Å². The minimum absolute atomic E-state index is 0.00892. The van der Waals surface area contributed by atoms with Crippen LogP contribution in [0.5, 0.6) is 0 Å². The second-order valence-electron chi connectivity index (χ2n) is 5.27. The molecule has 0 radical (unpaired) electrons. The molecule has 1 aliphatic heterocycles. The Bertz CT molecular complexity index is 493. The Labute approximate surface area is 126 Å². The van der Waals surface area contributed by atoms with E-state index in [0.29, 0.717) is 0 Å². The van der Waals surface area contributed by atoms with Crippen molar-refractivity contribution in [1.29, 1.82) is 0 Å². The number of alkyl halides is 3. The average Bonchev–Trinajstić information content (AvgIpc) is 2.52.